The fourth-order valence-electron chi connectivity index (χ4n) is 3.23. The van der Waals surface area contributed by atoms with Crippen LogP contribution in [-0.2, 0) is 11.3 Å². The SMILES string of the molecule is CCn1c(SCC(=O)Nc2ccc(Br)cc2C(C)C)nnc1C(C)Oc1ccccc1Cl. The summed E-state index contributed by atoms with van der Waals surface area (Å²) < 4.78 is 8.94. The minimum absolute atomic E-state index is 0.0909. The van der Waals surface area contributed by atoms with E-state index in [0.29, 0.717) is 34.2 Å². The van der Waals surface area contributed by atoms with Crippen LogP contribution in [0, 0.1) is 0 Å². The van der Waals surface area contributed by atoms with Gasteiger partial charge in [-0.15, -0.1) is 10.2 Å². The Bertz CT molecular complexity index is 1090. The molecular formula is C23H26BrClN4O2S. The Morgan fingerprint density at radius 2 is 1.97 bits per heavy atom. The number of benzene rings is 2. The molecule has 32 heavy (non-hydrogen) atoms. The minimum atomic E-state index is -0.345. The molecule has 0 fully saturated rings. The Kier molecular flexibility index (Phi) is 8.62. The maximum Gasteiger partial charge on any atom is 0.234 e. The number of amides is 1. The lowest BCUT2D eigenvalue weighted by molar-refractivity contribution is -0.113. The number of hydrogen-bond acceptors (Lipinski definition) is 5. The first-order valence-corrected chi connectivity index (χ1v) is 12.5. The van der Waals surface area contributed by atoms with Gasteiger partial charge in [-0.05, 0) is 55.7 Å². The lowest BCUT2D eigenvalue weighted by atomic mass is 10.0. The molecule has 3 rings (SSSR count). The third-order valence-electron chi connectivity index (χ3n) is 4.81. The summed E-state index contributed by atoms with van der Waals surface area (Å²) in [7, 11) is 0. The van der Waals surface area contributed by atoms with E-state index < -0.39 is 0 Å². The zero-order chi connectivity index (χ0) is 23.3. The van der Waals surface area contributed by atoms with Crippen molar-refractivity contribution in [1.29, 1.82) is 0 Å². The van der Waals surface area contributed by atoms with Crippen LogP contribution in [0.1, 0.15) is 51.1 Å². The zero-order valence-electron chi connectivity index (χ0n) is 18.4. The van der Waals surface area contributed by atoms with Crippen LogP contribution in [-0.4, -0.2) is 26.4 Å². The van der Waals surface area contributed by atoms with Gasteiger partial charge in [0.1, 0.15) is 5.75 Å². The van der Waals surface area contributed by atoms with E-state index >= 15 is 0 Å². The molecule has 3 aromatic rings. The Morgan fingerprint density at radius 1 is 1.22 bits per heavy atom. The van der Waals surface area contributed by atoms with Crippen LogP contribution in [0.3, 0.4) is 0 Å². The van der Waals surface area contributed by atoms with Gasteiger partial charge in [0.15, 0.2) is 17.1 Å². The van der Waals surface area contributed by atoms with E-state index in [-0.39, 0.29) is 17.8 Å². The molecule has 0 saturated heterocycles. The number of para-hydroxylation sites is 1. The van der Waals surface area contributed by atoms with E-state index in [1.54, 1.807) is 6.07 Å². The average molecular weight is 538 g/mol. The second-order valence-electron chi connectivity index (χ2n) is 7.50. The summed E-state index contributed by atoms with van der Waals surface area (Å²) in [5, 5.41) is 12.8. The predicted molar refractivity (Wildman–Crippen MR) is 134 cm³/mol. The minimum Gasteiger partial charge on any atom is -0.481 e. The number of nitrogens with one attached hydrogen (secondary N) is 1. The number of anilines is 1. The largest absolute Gasteiger partial charge is 0.481 e. The van der Waals surface area contributed by atoms with E-state index in [4.69, 9.17) is 16.3 Å². The molecule has 1 amide bonds. The van der Waals surface area contributed by atoms with Gasteiger partial charge in [-0.2, -0.15) is 0 Å². The standard InChI is InChI=1S/C23H26BrClN4O2S/c1-5-29-22(15(4)31-20-9-7-6-8-18(20)25)27-28-23(29)32-13-21(30)26-19-11-10-16(24)12-17(19)14(2)3/h6-12,14-15H,5,13H2,1-4H3,(H,26,30). The molecule has 1 unspecified atom stereocenters. The van der Waals surface area contributed by atoms with Crippen LogP contribution in [0.2, 0.25) is 5.02 Å². The highest BCUT2D eigenvalue weighted by atomic mass is 79.9. The molecule has 0 aliphatic heterocycles. The third kappa shape index (κ3) is 6.05. The van der Waals surface area contributed by atoms with Crippen molar-refractivity contribution in [3.63, 3.8) is 0 Å². The summed E-state index contributed by atoms with van der Waals surface area (Å²) in [5.41, 5.74) is 1.91. The molecule has 9 heteroatoms. The van der Waals surface area contributed by atoms with Crippen molar-refractivity contribution in [3.05, 3.63) is 63.3 Å². The highest BCUT2D eigenvalue weighted by Gasteiger charge is 2.20. The molecule has 1 heterocycles. The molecule has 0 radical (unpaired) electrons. The monoisotopic (exact) mass is 536 g/mol. The molecule has 1 N–H and O–H groups in total. The van der Waals surface area contributed by atoms with Gasteiger partial charge >= 0.3 is 0 Å². The van der Waals surface area contributed by atoms with E-state index in [2.05, 4.69) is 45.3 Å². The number of carbonyl (C=O) groups is 1. The molecule has 1 aromatic heterocycles. The van der Waals surface area contributed by atoms with Gasteiger partial charge in [-0.25, -0.2) is 0 Å². The Labute approximate surface area is 206 Å². The number of halogens is 2. The number of rotatable bonds is 9. The Balaban J connectivity index is 1.67. The lowest BCUT2D eigenvalue weighted by Gasteiger charge is -2.16. The second kappa shape index (κ2) is 11.2. The van der Waals surface area contributed by atoms with Crippen molar-refractivity contribution >= 4 is 50.9 Å². The second-order valence-corrected chi connectivity index (χ2v) is 9.76. The summed E-state index contributed by atoms with van der Waals surface area (Å²) >= 11 is 11.1. The molecule has 170 valence electrons. The smallest absolute Gasteiger partial charge is 0.234 e. The van der Waals surface area contributed by atoms with Crippen molar-refractivity contribution in [2.75, 3.05) is 11.1 Å². The van der Waals surface area contributed by atoms with Gasteiger partial charge in [0.05, 0.1) is 10.8 Å². The number of carbonyl (C=O) groups excluding carboxylic acids is 1. The summed E-state index contributed by atoms with van der Waals surface area (Å²) in [6.45, 7) is 8.77. The van der Waals surface area contributed by atoms with Crippen molar-refractivity contribution in [2.45, 2.75) is 51.4 Å². The zero-order valence-corrected chi connectivity index (χ0v) is 21.6. The molecule has 0 aliphatic rings. The van der Waals surface area contributed by atoms with Crippen LogP contribution in [0.4, 0.5) is 5.69 Å². The quantitative estimate of drug-likeness (QED) is 0.307. The van der Waals surface area contributed by atoms with Crippen LogP contribution < -0.4 is 10.1 Å². The maximum absolute atomic E-state index is 12.6. The number of aromatic nitrogens is 3. The van der Waals surface area contributed by atoms with Crippen molar-refractivity contribution in [1.82, 2.24) is 14.8 Å². The topological polar surface area (TPSA) is 69.0 Å². The van der Waals surface area contributed by atoms with Gasteiger partial charge in [0, 0.05) is 16.7 Å². The summed E-state index contributed by atoms with van der Waals surface area (Å²) in [6.07, 6.45) is -0.345. The molecule has 1 atom stereocenters. The maximum atomic E-state index is 12.6. The first-order chi connectivity index (χ1) is 15.3. The first kappa shape index (κ1) is 24.6. The highest BCUT2D eigenvalue weighted by Crippen LogP contribution is 2.30. The molecule has 2 aromatic carbocycles. The van der Waals surface area contributed by atoms with Gasteiger partial charge in [0.2, 0.25) is 5.91 Å². The van der Waals surface area contributed by atoms with Crippen molar-refractivity contribution in [2.24, 2.45) is 0 Å². The number of nitrogens with zero attached hydrogens (tertiary/aromatic N) is 3. The fourth-order valence-corrected chi connectivity index (χ4v) is 4.60. The van der Waals surface area contributed by atoms with Gasteiger partial charge in [0.25, 0.3) is 0 Å². The Hall–Kier alpha value is -2.03. The molecule has 0 spiro atoms. The van der Waals surface area contributed by atoms with Gasteiger partial charge < -0.3 is 14.6 Å². The lowest BCUT2D eigenvalue weighted by Crippen LogP contribution is -2.16. The van der Waals surface area contributed by atoms with E-state index in [1.165, 1.54) is 11.8 Å². The molecule has 0 aliphatic carbocycles. The predicted octanol–water partition coefficient (Wildman–Crippen LogP) is 6.71. The van der Waals surface area contributed by atoms with Gasteiger partial charge in [-0.3, -0.25) is 4.79 Å². The number of hydrogen-bond donors (Lipinski definition) is 1. The third-order valence-corrected chi connectivity index (χ3v) is 6.58. The highest BCUT2D eigenvalue weighted by molar-refractivity contribution is 9.10. The van der Waals surface area contributed by atoms with Crippen molar-refractivity contribution in [3.8, 4) is 5.75 Å². The molecule has 0 saturated carbocycles. The normalized spacial score (nSPS) is 12.1. The summed E-state index contributed by atoms with van der Waals surface area (Å²) in [4.78, 5) is 12.6. The number of ether oxygens (including phenoxy) is 1. The Morgan fingerprint density at radius 3 is 2.66 bits per heavy atom. The molecule has 0 bridgehead atoms. The van der Waals surface area contributed by atoms with Crippen LogP contribution in [0.5, 0.6) is 5.75 Å². The van der Waals surface area contributed by atoms with Crippen LogP contribution in [0.15, 0.2) is 52.1 Å². The average Bonchev–Trinajstić information content (AvgIpc) is 3.18. The van der Waals surface area contributed by atoms with Gasteiger partial charge in [-0.1, -0.05) is 65.3 Å². The van der Waals surface area contributed by atoms with Crippen LogP contribution >= 0.6 is 39.3 Å². The van der Waals surface area contributed by atoms with E-state index in [1.807, 2.05) is 54.8 Å². The first-order valence-electron chi connectivity index (χ1n) is 10.4. The van der Waals surface area contributed by atoms with E-state index in [0.717, 1.165) is 15.7 Å². The van der Waals surface area contributed by atoms with E-state index in [9.17, 15) is 4.79 Å². The fraction of sp³-hybridized carbons (Fsp3) is 0.348. The van der Waals surface area contributed by atoms with Crippen molar-refractivity contribution < 1.29 is 9.53 Å². The van der Waals surface area contributed by atoms with Crippen LogP contribution in [0.25, 0.3) is 0 Å². The molecular weight excluding hydrogens is 512 g/mol. The summed E-state index contributed by atoms with van der Waals surface area (Å²) in [6, 6.07) is 13.2. The molecule has 6 nitrogen and oxygen atoms in total. The summed E-state index contributed by atoms with van der Waals surface area (Å²) in [5.74, 6) is 1.71. The number of thioether (sulfide) groups is 1.